The molecule has 1 fully saturated rings. The molecule has 0 aromatic heterocycles. The number of carbonyl (C=O) groups is 1. The molecule has 1 aromatic carbocycles. The average molecular weight is 372 g/mol. The van der Waals surface area contributed by atoms with Gasteiger partial charge < -0.3 is 14.0 Å². The summed E-state index contributed by atoms with van der Waals surface area (Å²) >= 11 is 0. The highest BCUT2D eigenvalue weighted by Gasteiger charge is 2.52. The molecular formula is C18H24BF3O4. The van der Waals surface area contributed by atoms with Crippen molar-refractivity contribution in [1.82, 2.24) is 0 Å². The van der Waals surface area contributed by atoms with Gasteiger partial charge in [0.1, 0.15) is 5.60 Å². The number of carbonyl (C=O) groups excluding carboxylic acids is 1. The highest BCUT2D eigenvalue weighted by Crippen LogP contribution is 2.37. The number of halogens is 3. The van der Waals surface area contributed by atoms with Gasteiger partial charge >= 0.3 is 19.3 Å². The zero-order valence-corrected chi connectivity index (χ0v) is 16.1. The Kier molecular flexibility index (Phi) is 5.01. The first-order valence-electron chi connectivity index (χ1n) is 8.33. The van der Waals surface area contributed by atoms with Gasteiger partial charge in [-0.2, -0.15) is 13.2 Å². The van der Waals surface area contributed by atoms with Crippen LogP contribution in [0, 0.1) is 0 Å². The summed E-state index contributed by atoms with van der Waals surface area (Å²) in [5, 5.41) is 0. The number of hydrogen-bond acceptors (Lipinski definition) is 4. The fraction of sp³-hybridized carbons (Fsp3) is 0.611. The highest BCUT2D eigenvalue weighted by molar-refractivity contribution is 6.62. The van der Waals surface area contributed by atoms with Crippen LogP contribution in [0.1, 0.15) is 64.4 Å². The average Bonchev–Trinajstić information content (AvgIpc) is 2.64. The van der Waals surface area contributed by atoms with Crippen molar-refractivity contribution in [3.8, 4) is 0 Å². The Balaban J connectivity index is 2.47. The Hall–Kier alpha value is -1.54. The van der Waals surface area contributed by atoms with Crippen molar-refractivity contribution in [3.63, 3.8) is 0 Å². The topological polar surface area (TPSA) is 44.8 Å². The second-order valence-electron chi connectivity index (χ2n) is 8.43. The summed E-state index contributed by atoms with van der Waals surface area (Å²) in [6, 6.07) is 3.05. The van der Waals surface area contributed by atoms with Crippen LogP contribution in [0.5, 0.6) is 0 Å². The molecule has 8 heteroatoms. The van der Waals surface area contributed by atoms with E-state index >= 15 is 0 Å². The van der Waals surface area contributed by atoms with E-state index in [9.17, 15) is 18.0 Å². The molecule has 1 heterocycles. The van der Waals surface area contributed by atoms with Crippen LogP contribution >= 0.6 is 0 Å². The van der Waals surface area contributed by atoms with Crippen LogP contribution in [0.4, 0.5) is 13.2 Å². The maximum absolute atomic E-state index is 13.3. The lowest BCUT2D eigenvalue weighted by Gasteiger charge is -2.32. The fourth-order valence-electron chi connectivity index (χ4n) is 2.39. The first kappa shape index (κ1) is 20.8. The summed E-state index contributed by atoms with van der Waals surface area (Å²) in [6.07, 6.45) is -4.61. The molecule has 0 atom stereocenters. The first-order chi connectivity index (χ1) is 11.5. The second-order valence-corrected chi connectivity index (χ2v) is 8.43. The number of esters is 1. The quantitative estimate of drug-likeness (QED) is 0.582. The summed E-state index contributed by atoms with van der Waals surface area (Å²) in [5.41, 5.74) is -3.27. The second kappa shape index (κ2) is 6.27. The molecule has 0 amide bonds. The maximum Gasteiger partial charge on any atom is 0.494 e. The van der Waals surface area contributed by atoms with E-state index in [2.05, 4.69) is 0 Å². The van der Waals surface area contributed by atoms with E-state index in [4.69, 9.17) is 14.0 Å². The third-order valence-corrected chi connectivity index (χ3v) is 4.44. The SMILES string of the molecule is CC(C)(C)OC(=O)c1cc(B2OC(C)(C)C(C)(C)O2)cc(C(F)(F)F)c1. The lowest BCUT2D eigenvalue weighted by Crippen LogP contribution is -2.41. The molecule has 4 nitrogen and oxygen atoms in total. The van der Waals surface area contributed by atoms with Crippen molar-refractivity contribution in [2.45, 2.75) is 71.4 Å². The third-order valence-electron chi connectivity index (χ3n) is 4.44. The zero-order valence-electron chi connectivity index (χ0n) is 16.1. The Labute approximate surface area is 152 Å². The van der Waals surface area contributed by atoms with E-state index in [0.717, 1.165) is 12.1 Å². The normalized spacial score (nSPS) is 19.5. The number of rotatable bonds is 2. The number of ether oxygens (including phenoxy) is 1. The van der Waals surface area contributed by atoms with Crippen molar-refractivity contribution in [2.75, 3.05) is 0 Å². The molecule has 2 rings (SSSR count). The van der Waals surface area contributed by atoms with Crippen molar-refractivity contribution in [2.24, 2.45) is 0 Å². The Bertz CT molecular complexity index is 689. The molecule has 1 saturated heterocycles. The molecule has 0 bridgehead atoms. The Morgan fingerprint density at radius 3 is 1.92 bits per heavy atom. The first-order valence-corrected chi connectivity index (χ1v) is 8.33. The molecule has 1 aromatic rings. The molecule has 0 unspecified atom stereocenters. The van der Waals surface area contributed by atoms with E-state index in [1.807, 2.05) is 0 Å². The molecule has 0 saturated carbocycles. The minimum absolute atomic E-state index is 0.124. The highest BCUT2D eigenvalue weighted by atomic mass is 19.4. The van der Waals surface area contributed by atoms with E-state index in [-0.39, 0.29) is 11.0 Å². The fourth-order valence-corrected chi connectivity index (χ4v) is 2.39. The summed E-state index contributed by atoms with van der Waals surface area (Å²) in [5.74, 6) is -0.832. The molecule has 0 aliphatic carbocycles. The van der Waals surface area contributed by atoms with Gasteiger partial charge in [0, 0.05) is 0 Å². The minimum Gasteiger partial charge on any atom is -0.456 e. The van der Waals surface area contributed by atoms with Gasteiger partial charge in [-0.25, -0.2) is 4.79 Å². The van der Waals surface area contributed by atoms with E-state index < -0.39 is 41.6 Å². The molecule has 0 N–H and O–H groups in total. The van der Waals surface area contributed by atoms with E-state index in [1.165, 1.54) is 6.07 Å². The van der Waals surface area contributed by atoms with Crippen LogP contribution in [0.15, 0.2) is 18.2 Å². The predicted molar refractivity (Wildman–Crippen MR) is 92.3 cm³/mol. The van der Waals surface area contributed by atoms with Crippen LogP contribution in [-0.2, 0) is 20.2 Å². The minimum atomic E-state index is -4.61. The van der Waals surface area contributed by atoms with Gasteiger partial charge in [-0.1, -0.05) is 6.07 Å². The Morgan fingerprint density at radius 1 is 1.00 bits per heavy atom. The standard InChI is InChI=1S/C18H24BF3O4/c1-15(2,3)24-14(23)11-8-12(18(20,21)22)10-13(9-11)19-25-16(4,5)17(6,7)26-19/h8-10H,1-7H3. The summed E-state index contributed by atoms with van der Waals surface area (Å²) in [4.78, 5) is 12.3. The molecule has 1 aliphatic rings. The van der Waals surface area contributed by atoms with E-state index in [0.29, 0.717) is 0 Å². The van der Waals surface area contributed by atoms with Crippen LogP contribution in [0.2, 0.25) is 0 Å². The maximum atomic E-state index is 13.3. The van der Waals surface area contributed by atoms with Gasteiger partial charge in [-0.15, -0.1) is 0 Å². The summed E-state index contributed by atoms with van der Waals surface area (Å²) in [7, 11) is -1.01. The molecular weight excluding hydrogens is 348 g/mol. The number of alkyl halides is 3. The lowest BCUT2D eigenvalue weighted by atomic mass is 9.77. The smallest absolute Gasteiger partial charge is 0.456 e. The van der Waals surface area contributed by atoms with E-state index in [1.54, 1.807) is 48.5 Å². The molecule has 0 spiro atoms. The monoisotopic (exact) mass is 372 g/mol. The number of hydrogen-bond donors (Lipinski definition) is 0. The molecule has 0 radical (unpaired) electrons. The van der Waals surface area contributed by atoms with Gasteiger partial charge in [-0.3, -0.25) is 0 Å². The van der Waals surface area contributed by atoms with Crippen molar-refractivity contribution >= 4 is 18.6 Å². The molecule has 26 heavy (non-hydrogen) atoms. The summed E-state index contributed by atoms with van der Waals surface area (Å²) < 4.78 is 56.7. The lowest BCUT2D eigenvalue weighted by molar-refractivity contribution is -0.137. The summed E-state index contributed by atoms with van der Waals surface area (Å²) in [6.45, 7) is 12.1. The van der Waals surface area contributed by atoms with Crippen LogP contribution < -0.4 is 5.46 Å². The van der Waals surface area contributed by atoms with Crippen molar-refractivity contribution < 1.29 is 32.0 Å². The van der Waals surface area contributed by atoms with Crippen LogP contribution in [-0.4, -0.2) is 29.9 Å². The van der Waals surface area contributed by atoms with Crippen molar-refractivity contribution in [1.29, 1.82) is 0 Å². The van der Waals surface area contributed by atoms with Gasteiger partial charge in [0.15, 0.2) is 0 Å². The van der Waals surface area contributed by atoms with Gasteiger partial charge in [-0.05, 0) is 66.1 Å². The van der Waals surface area contributed by atoms with Crippen LogP contribution in [0.3, 0.4) is 0 Å². The number of benzene rings is 1. The van der Waals surface area contributed by atoms with Gasteiger partial charge in [0.25, 0.3) is 0 Å². The molecule has 144 valence electrons. The zero-order chi connectivity index (χ0) is 20.1. The van der Waals surface area contributed by atoms with Crippen molar-refractivity contribution in [3.05, 3.63) is 29.3 Å². The third kappa shape index (κ3) is 4.41. The predicted octanol–water partition coefficient (Wildman–Crippen LogP) is 3.96. The Morgan fingerprint density at radius 2 is 1.50 bits per heavy atom. The van der Waals surface area contributed by atoms with Gasteiger partial charge in [0.2, 0.25) is 0 Å². The largest absolute Gasteiger partial charge is 0.494 e. The van der Waals surface area contributed by atoms with Crippen LogP contribution in [0.25, 0.3) is 0 Å². The molecule has 1 aliphatic heterocycles. The van der Waals surface area contributed by atoms with Gasteiger partial charge in [0.05, 0.1) is 22.3 Å².